The second-order valence-electron chi connectivity index (χ2n) is 10.9. The van der Waals surface area contributed by atoms with E-state index in [-0.39, 0.29) is 35.2 Å². The van der Waals surface area contributed by atoms with Crippen LogP contribution in [0.1, 0.15) is 40.4 Å². The molecule has 7 nitrogen and oxygen atoms in total. The number of aromatic nitrogens is 2. The van der Waals surface area contributed by atoms with Crippen molar-refractivity contribution in [2.24, 2.45) is 0 Å². The van der Waals surface area contributed by atoms with Gasteiger partial charge in [0.25, 0.3) is 6.01 Å². The Bertz CT molecular complexity index is 1540. The van der Waals surface area contributed by atoms with Gasteiger partial charge >= 0.3 is 6.18 Å². The van der Waals surface area contributed by atoms with Gasteiger partial charge in [-0.25, -0.2) is 9.37 Å². The Morgan fingerprint density at radius 1 is 0.860 bits per heavy atom. The summed E-state index contributed by atoms with van der Waals surface area (Å²) in [5, 5.41) is 0. The smallest absolute Gasteiger partial charge is 0.423 e. The van der Waals surface area contributed by atoms with Gasteiger partial charge in [0.1, 0.15) is 11.6 Å². The number of rotatable bonds is 7. The van der Waals surface area contributed by atoms with Crippen LogP contribution in [0.4, 0.5) is 29.4 Å². The van der Waals surface area contributed by atoms with E-state index in [9.17, 15) is 22.4 Å². The van der Waals surface area contributed by atoms with E-state index in [4.69, 9.17) is 4.42 Å². The molecule has 2 aliphatic rings. The molecule has 4 heterocycles. The number of benzene rings is 2. The third-order valence-corrected chi connectivity index (χ3v) is 8.17. The lowest BCUT2D eigenvalue weighted by Crippen LogP contribution is -2.48. The zero-order valence-corrected chi connectivity index (χ0v) is 23.4. The fourth-order valence-corrected chi connectivity index (χ4v) is 5.78. The number of Topliss-reactive ketones (excluding diaryl/α,β-unsaturated/α-hetero) is 1. The highest BCUT2D eigenvalue weighted by atomic mass is 19.4. The third kappa shape index (κ3) is 6.41. The van der Waals surface area contributed by atoms with E-state index >= 15 is 0 Å². The second-order valence-corrected chi connectivity index (χ2v) is 10.9. The van der Waals surface area contributed by atoms with Gasteiger partial charge in [0.05, 0.1) is 12.1 Å². The fraction of sp³-hybridized carbons (Fsp3) is 0.344. The minimum absolute atomic E-state index is 0.0287. The van der Waals surface area contributed by atoms with Crippen LogP contribution >= 0.6 is 0 Å². The van der Waals surface area contributed by atoms with Crippen LogP contribution in [0.5, 0.6) is 0 Å². The summed E-state index contributed by atoms with van der Waals surface area (Å²) in [5.74, 6) is -0.194. The number of piperidine rings is 1. The van der Waals surface area contributed by atoms with Crippen molar-refractivity contribution in [3.05, 3.63) is 95.6 Å². The molecule has 0 radical (unpaired) electrons. The van der Waals surface area contributed by atoms with Crippen LogP contribution in [0, 0.1) is 5.82 Å². The van der Waals surface area contributed by atoms with Crippen LogP contribution in [0.3, 0.4) is 0 Å². The number of nitrogens with zero attached hydrogens (tertiary/aromatic N) is 5. The Morgan fingerprint density at radius 3 is 2.21 bits per heavy atom. The molecule has 6 rings (SSSR count). The van der Waals surface area contributed by atoms with Gasteiger partial charge in [0.2, 0.25) is 0 Å². The van der Waals surface area contributed by atoms with E-state index in [2.05, 4.69) is 22.1 Å². The first-order valence-electron chi connectivity index (χ1n) is 14.4. The minimum Gasteiger partial charge on any atom is -0.423 e. The standard InChI is InChI=1S/C32H31F4N5O2/c33-26-9-5-4-8-25(26)27(42)21-39-16-18-40(19-17-39)28-11-10-24(20-37-28)29-30(32(34,35)36)38-31(43-29)41-14-12-23(13-15-41)22-6-2-1-3-7-22/h1-11,20,23H,12-19,21H2. The first-order chi connectivity index (χ1) is 20.8. The Labute approximate surface area is 246 Å². The molecule has 224 valence electrons. The first-order valence-corrected chi connectivity index (χ1v) is 14.4. The number of piperazine rings is 1. The number of carbonyl (C=O) groups excluding carboxylic acids is 1. The van der Waals surface area contributed by atoms with Crippen LogP contribution in [0.25, 0.3) is 11.3 Å². The number of halogens is 4. The summed E-state index contributed by atoms with van der Waals surface area (Å²) < 4.78 is 61.7. The van der Waals surface area contributed by atoms with Crippen molar-refractivity contribution in [1.82, 2.24) is 14.9 Å². The summed E-state index contributed by atoms with van der Waals surface area (Å²) in [6, 6.07) is 19.3. The van der Waals surface area contributed by atoms with E-state index in [0.717, 1.165) is 12.8 Å². The quantitative estimate of drug-likeness (QED) is 0.185. The van der Waals surface area contributed by atoms with Crippen LogP contribution < -0.4 is 9.80 Å². The summed E-state index contributed by atoms with van der Waals surface area (Å²) in [7, 11) is 0. The molecule has 0 spiro atoms. The Kier molecular flexibility index (Phi) is 8.16. The van der Waals surface area contributed by atoms with Gasteiger partial charge in [-0.1, -0.05) is 42.5 Å². The van der Waals surface area contributed by atoms with Gasteiger partial charge in [-0.3, -0.25) is 9.69 Å². The lowest BCUT2D eigenvalue weighted by Gasteiger charge is -2.35. The molecule has 2 saturated heterocycles. The molecule has 0 amide bonds. The molecule has 0 unspecified atom stereocenters. The van der Waals surface area contributed by atoms with E-state index in [0.29, 0.717) is 51.0 Å². The van der Waals surface area contributed by atoms with Gasteiger partial charge in [-0.15, -0.1) is 0 Å². The van der Waals surface area contributed by atoms with Crippen molar-refractivity contribution < 1.29 is 26.8 Å². The van der Waals surface area contributed by atoms with Gasteiger partial charge < -0.3 is 14.2 Å². The van der Waals surface area contributed by atoms with Crippen molar-refractivity contribution in [2.45, 2.75) is 24.9 Å². The number of alkyl halides is 3. The number of hydrogen-bond donors (Lipinski definition) is 0. The Morgan fingerprint density at radius 2 is 1.56 bits per heavy atom. The van der Waals surface area contributed by atoms with Crippen molar-refractivity contribution in [1.29, 1.82) is 0 Å². The van der Waals surface area contributed by atoms with E-state index in [1.165, 1.54) is 23.9 Å². The lowest BCUT2D eigenvalue weighted by molar-refractivity contribution is -0.140. The number of hydrogen-bond acceptors (Lipinski definition) is 7. The van der Waals surface area contributed by atoms with Gasteiger partial charge in [-0.2, -0.15) is 18.2 Å². The average molecular weight is 594 g/mol. The zero-order valence-electron chi connectivity index (χ0n) is 23.4. The van der Waals surface area contributed by atoms with Crippen LogP contribution in [0.15, 0.2) is 77.3 Å². The maximum atomic E-state index is 14.0. The van der Waals surface area contributed by atoms with Crippen molar-refractivity contribution in [3.63, 3.8) is 0 Å². The highest BCUT2D eigenvalue weighted by Gasteiger charge is 2.40. The first kappa shape index (κ1) is 28.9. The summed E-state index contributed by atoms with van der Waals surface area (Å²) in [5.41, 5.74) is 0.445. The fourth-order valence-electron chi connectivity index (χ4n) is 5.78. The number of ketones is 1. The Balaban J connectivity index is 1.10. The molecule has 0 saturated carbocycles. The molecule has 0 bridgehead atoms. The molecule has 43 heavy (non-hydrogen) atoms. The topological polar surface area (TPSA) is 65.7 Å². The highest BCUT2D eigenvalue weighted by Crippen LogP contribution is 2.40. The number of oxazole rings is 1. The lowest BCUT2D eigenvalue weighted by atomic mass is 9.90. The van der Waals surface area contributed by atoms with Crippen LogP contribution in [-0.4, -0.2) is 66.5 Å². The van der Waals surface area contributed by atoms with Crippen LogP contribution in [-0.2, 0) is 6.18 Å². The number of anilines is 2. The molecule has 11 heteroatoms. The molecule has 2 aliphatic heterocycles. The van der Waals surface area contributed by atoms with Crippen molar-refractivity contribution >= 4 is 17.6 Å². The molecule has 4 aromatic rings. The van der Waals surface area contributed by atoms with E-state index in [1.54, 1.807) is 29.2 Å². The maximum Gasteiger partial charge on any atom is 0.437 e. The van der Waals surface area contributed by atoms with E-state index in [1.807, 2.05) is 28.0 Å². The third-order valence-electron chi connectivity index (χ3n) is 8.17. The van der Waals surface area contributed by atoms with Gasteiger partial charge in [0, 0.05) is 51.0 Å². The predicted octanol–water partition coefficient (Wildman–Crippen LogP) is 6.28. The molecular weight excluding hydrogens is 562 g/mol. The Hall–Kier alpha value is -4.25. The zero-order chi connectivity index (χ0) is 30.0. The van der Waals surface area contributed by atoms with Gasteiger partial charge in [0.15, 0.2) is 17.2 Å². The molecule has 0 atom stereocenters. The van der Waals surface area contributed by atoms with Crippen molar-refractivity contribution in [2.75, 3.05) is 55.6 Å². The summed E-state index contributed by atoms with van der Waals surface area (Å²) >= 11 is 0. The van der Waals surface area contributed by atoms with Crippen molar-refractivity contribution in [3.8, 4) is 11.3 Å². The molecule has 2 fully saturated rings. The number of pyridine rings is 1. The maximum absolute atomic E-state index is 14.0. The SMILES string of the molecule is O=C(CN1CCN(c2ccc(-c3oc(N4CCC(c5ccccc5)CC4)nc3C(F)(F)F)cn2)CC1)c1ccccc1F. The highest BCUT2D eigenvalue weighted by molar-refractivity contribution is 5.97. The molecule has 2 aromatic heterocycles. The molecule has 2 aromatic carbocycles. The monoisotopic (exact) mass is 593 g/mol. The number of carbonyl (C=O) groups is 1. The van der Waals surface area contributed by atoms with Crippen LogP contribution in [0.2, 0.25) is 0 Å². The van der Waals surface area contributed by atoms with Gasteiger partial charge in [-0.05, 0) is 48.6 Å². The summed E-state index contributed by atoms with van der Waals surface area (Å²) in [4.78, 5) is 26.6. The van der Waals surface area contributed by atoms with E-state index < -0.39 is 17.7 Å². The minimum atomic E-state index is -4.69. The molecular formula is C32H31F4N5O2. The predicted molar refractivity (Wildman–Crippen MR) is 155 cm³/mol. The normalized spacial score (nSPS) is 16.9. The summed E-state index contributed by atoms with van der Waals surface area (Å²) in [6.45, 7) is 3.46. The largest absolute Gasteiger partial charge is 0.437 e. The molecule has 0 N–H and O–H groups in total. The average Bonchev–Trinajstić information content (AvgIpc) is 3.49. The second kappa shape index (κ2) is 12.2. The summed E-state index contributed by atoms with van der Waals surface area (Å²) in [6.07, 6.45) is -1.72. The molecule has 0 aliphatic carbocycles.